The van der Waals surface area contributed by atoms with Crippen LogP contribution in [0.5, 0.6) is 0 Å². The van der Waals surface area contributed by atoms with Gasteiger partial charge in [-0.3, -0.25) is 9.52 Å². The molecule has 7 nitrogen and oxygen atoms in total. The Bertz CT molecular complexity index is 1510. The van der Waals surface area contributed by atoms with Crippen molar-refractivity contribution in [1.29, 1.82) is 0 Å². The minimum atomic E-state index is -4.60. The normalized spacial score (nSPS) is 12.0. The van der Waals surface area contributed by atoms with Gasteiger partial charge in [0, 0.05) is 22.3 Å². The second kappa shape index (κ2) is 8.41. The molecule has 0 aliphatic heterocycles. The van der Waals surface area contributed by atoms with Gasteiger partial charge in [-0.05, 0) is 53.6 Å². The molecule has 0 radical (unpaired) electrons. The summed E-state index contributed by atoms with van der Waals surface area (Å²) in [5.74, 6) is -0.515. The highest BCUT2D eigenvalue weighted by molar-refractivity contribution is 7.92. The van der Waals surface area contributed by atoms with Crippen LogP contribution in [0.3, 0.4) is 0 Å². The summed E-state index contributed by atoms with van der Waals surface area (Å²) in [7, 11) is -3.46. The van der Waals surface area contributed by atoms with E-state index in [9.17, 15) is 26.4 Å². The van der Waals surface area contributed by atoms with Crippen LogP contribution < -0.4 is 15.8 Å². The molecule has 1 aromatic heterocycles. The van der Waals surface area contributed by atoms with Gasteiger partial charge in [0.1, 0.15) is 5.69 Å². The Hall–Kier alpha value is -3.99. The second-order valence-electron chi connectivity index (χ2n) is 7.70. The Morgan fingerprint density at radius 2 is 1.74 bits per heavy atom. The van der Waals surface area contributed by atoms with E-state index < -0.39 is 27.7 Å². The summed E-state index contributed by atoms with van der Waals surface area (Å²) in [6.07, 6.45) is -3.57. The molecule has 34 heavy (non-hydrogen) atoms. The Morgan fingerprint density at radius 3 is 2.44 bits per heavy atom. The van der Waals surface area contributed by atoms with E-state index >= 15 is 0 Å². The molecule has 0 saturated heterocycles. The number of sulfonamides is 1. The van der Waals surface area contributed by atoms with E-state index in [0.717, 1.165) is 12.3 Å². The third kappa shape index (κ3) is 5.15. The topological polar surface area (TPSA) is 117 Å². The summed E-state index contributed by atoms with van der Waals surface area (Å²) >= 11 is 0. The number of carbonyl (C=O) groups excluding carboxylic acids is 1. The van der Waals surface area contributed by atoms with Crippen LogP contribution in [0.1, 0.15) is 16.1 Å². The van der Waals surface area contributed by atoms with Gasteiger partial charge in [0.25, 0.3) is 5.91 Å². The fraction of sp³-hybridized carbons (Fsp3) is 0.0870. The van der Waals surface area contributed by atoms with Gasteiger partial charge >= 0.3 is 6.18 Å². The minimum Gasteiger partial charge on any atom is -0.399 e. The van der Waals surface area contributed by atoms with Crippen LogP contribution >= 0.6 is 0 Å². The first-order chi connectivity index (χ1) is 15.9. The molecule has 176 valence electrons. The lowest BCUT2D eigenvalue weighted by Crippen LogP contribution is -2.12. The SMILES string of the molecule is CS(=O)(=O)Nc1ccc2cc(C(=O)Nc3cccc(-c4ccc(N)cc4C(F)(F)F)c3)[nH]c2c1. The molecule has 0 spiro atoms. The van der Waals surface area contributed by atoms with Crippen LogP contribution in [0, 0.1) is 0 Å². The monoisotopic (exact) mass is 488 g/mol. The molecule has 11 heteroatoms. The molecule has 0 unspecified atom stereocenters. The lowest BCUT2D eigenvalue weighted by Gasteiger charge is -2.14. The summed E-state index contributed by atoms with van der Waals surface area (Å²) in [5, 5.41) is 3.34. The molecule has 5 N–H and O–H groups in total. The summed E-state index contributed by atoms with van der Waals surface area (Å²) in [5.41, 5.74) is 6.22. The van der Waals surface area contributed by atoms with Crippen molar-refractivity contribution in [3.05, 3.63) is 78.0 Å². The van der Waals surface area contributed by atoms with Crippen molar-refractivity contribution in [3.8, 4) is 11.1 Å². The van der Waals surface area contributed by atoms with E-state index in [0.29, 0.717) is 22.3 Å². The van der Waals surface area contributed by atoms with Crippen molar-refractivity contribution in [2.45, 2.75) is 6.18 Å². The Morgan fingerprint density at radius 1 is 0.971 bits per heavy atom. The van der Waals surface area contributed by atoms with Crippen LogP contribution in [-0.2, 0) is 16.2 Å². The number of halogens is 3. The highest BCUT2D eigenvalue weighted by atomic mass is 32.2. The molecule has 4 rings (SSSR count). The van der Waals surface area contributed by atoms with E-state index in [1.54, 1.807) is 30.3 Å². The third-order valence-corrected chi connectivity index (χ3v) is 5.56. The zero-order valence-electron chi connectivity index (χ0n) is 17.7. The minimum absolute atomic E-state index is 0.00534. The summed E-state index contributed by atoms with van der Waals surface area (Å²) in [6.45, 7) is 0. The van der Waals surface area contributed by atoms with E-state index in [1.807, 2.05) is 0 Å². The quantitative estimate of drug-likeness (QED) is 0.294. The number of amides is 1. The lowest BCUT2D eigenvalue weighted by molar-refractivity contribution is -0.137. The Kier molecular flexibility index (Phi) is 5.74. The third-order valence-electron chi connectivity index (χ3n) is 4.95. The van der Waals surface area contributed by atoms with Gasteiger partial charge in [0.2, 0.25) is 10.0 Å². The molecule has 1 heterocycles. The van der Waals surface area contributed by atoms with E-state index in [2.05, 4.69) is 15.0 Å². The standard InChI is InChI=1S/C23H19F3N4O3S/c1-34(32,33)30-17-7-5-14-10-21(29-20(14)12-17)22(31)28-16-4-2-3-13(9-16)18-8-6-15(27)11-19(18)23(24,25)26/h2-12,29-30H,27H2,1H3,(H,28,31). The highest BCUT2D eigenvalue weighted by Crippen LogP contribution is 2.38. The van der Waals surface area contributed by atoms with Crippen LogP contribution in [0.4, 0.5) is 30.2 Å². The number of fused-ring (bicyclic) bond motifs is 1. The zero-order valence-corrected chi connectivity index (χ0v) is 18.5. The number of nitrogens with two attached hydrogens (primary N) is 1. The Balaban J connectivity index is 1.61. The van der Waals surface area contributed by atoms with Crippen molar-refractivity contribution in [3.63, 3.8) is 0 Å². The van der Waals surface area contributed by atoms with E-state index in [-0.39, 0.29) is 22.5 Å². The molecular formula is C23H19F3N4O3S. The number of hydrogen-bond donors (Lipinski definition) is 4. The number of H-pyrrole nitrogens is 1. The molecule has 0 aliphatic rings. The van der Waals surface area contributed by atoms with Crippen molar-refractivity contribution in [1.82, 2.24) is 4.98 Å². The van der Waals surface area contributed by atoms with Crippen LogP contribution in [0.25, 0.3) is 22.0 Å². The van der Waals surface area contributed by atoms with Crippen LogP contribution in [0.15, 0.2) is 66.7 Å². The highest BCUT2D eigenvalue weighted by Gasteiger charge is 2.34. The van der Waals surface area contributed by atoms with Gasteiger partial charge in [0.15, 0.2) is 0 Å². The average Bonchev–Trinajstić information content (AvgIpc) is 3.16. The first kappa shape index (κ1) is 23.2. The van der Waals surface area contributed by atoms with Gasteiger partial charge in [-0.2, -0.15) is 13.2 Å². The average molecular weight is 488 g/mol. The number of alkyl halides is 3. The predicted octanol–water partition coefficient (Wildman–Crippen LogP) is 5.06. The van der Waals surface area contributed by atoms with Crippen LogP contribution in [0.2, 0.25) is 0 Å². The number of rotatable bonds is 5. The summed E-state index contributed by atoms with van der Waals surface area (Å²) < 4.78 is 65.7. The van der Waals surface area contributed by atoms with Gasteiger partial charge in [-0.25, -0.2) is 8.42 Å². The Labute approximate surface area is 192 Å². The van der Waals surface area contributed by atoms with Crippen molar-refractivity contribution in [2.24, 2.45) is 0 Å². The number of hydrogen-bond acceptors (Lipinski definition) is 4. The predicted molar refractivity (Wildman–Crippen MR) is 126 cm³/mol. The number of benzene rings is 3. The fourth-order valence-electron chi connectivity index (χ4n) is 3.54. The van der Waals surface area contributed by atoms with Crippen molar-refractivity contribution < 1.29 is 26.4 Å². The smallest absolute Gasteiger partial charge is 0.399 e. The maximum Gasteiger partial charge on any atom is 0.417 e. The molecule has 0 aliphatic carbocycles. The number of nitrogen functional groups attached to an aromatic ring is 1. The van der Waals surface area contributed by atoms with Gasteiger partial charge in [-0.1, -0.05) is 24.3 Å². The first-order valence-electron chi connectivity index (χ1n) is 9.88. The molecule has 0 bridgehead atoms. The first-order valence-corrected chi connectivity index (χ1v) is 11.8. The number of nitrogens with one attached hydrogen (secondary N) is 3. The molecule has 4 aromatic rings. The van der Waals surface area contributed by atoms with Gasteiger partial charge < -0.3 is 16.0 Å². The summed E-state index contributed by atoms with van der Waals surface area (Å²) in [6, 6.07) is 15.9. The number of aromatic amines is 1. The molecule has 1 amide bonds. The number of anilines is 3. The molecule has 0 fully saturated rings. The number of aromatic nitrogens is 1. The molecular weight excluding hydrogens is 469 g/mol. The molecule has 0 saturated carbocycles. The second-order valence-corrected chi connectivity index (χ2v) is 9.45. The summed E-state index contributed by atoms with van der Waals surface area (Å²) in [4.78, 5) is 15.7. The van der Waals surface area contributed by atoms with E-state index in [1.165, 1.54) is 30.3 Å². The van der Waals surface area contributed by atoms with Crippen LogP contribution in [-0.4, -0.2) is 25.6 Å². The van der Waals surface area contributed by atoms with Gasteiger partial charge in [-0.15, -0.1) is 0 Å². The molecule has 0 atom stereocenters. The largest absolute Gasteiger partial charge is 0.417 e. The fourth-order valence-corrected chi connectivity index (χ4v) is 4.09. The maximum atomic E-state index is 13.5. The van der Waals surface area contributed by atoms with Crippen molar-refractivity contribution >= 4 is 43.9 Å². The zero-order chi connectivity index (χ0) is 24.7. The lowest BCUT2D eigenvalue weighted by atomic mass is 9.98. The number of carbonyl (C=O) groups is 1. The maximum absolute atomic E-state index is 13.5. The van der Waals surface area contributed by atoms with Gasteiger partial charge in [0.05, 0.1) is 17.5 Å². The van der Waals surface area contributed by atoms with E-state index in [4.69, 9.17) is 5.73 Å². The van der Waals surface area contributed by atoms with Crippen molar-refractivity contribution in [2.75, 3.05) is 22.0 Å². The molecule has 3 aromatic carbocycles.